The predicted octanol–water partition coefficient (Wildman–Crippen LogP) is 3.69. The first-order valence-electron chi connectivity index (χ1n) is 5.21. The predicted molar refractivity (Wildman–Crippen MR) is 69.1 cm³/mol. The molecule has 0 unspecified atom stereocenters. The Bertz CT molecular complexity index is 454. The first kappa shape index (κ1) is 12.2. The fraction of sp³-hybridized carbons (Fsp3) is 0.133. The van der Waals surface area contributed by atoms with Gasteiger partial charge in [0.2, 0.25) is 0 Å². The Morgan fingerprint density at radius 2 is 1.75 bits per heavy atom. The summed E-state index contributed by atoms with van der Waals surface area (Å²) >= 11 is 0. The van der Waals surface area contributed by atoms with Crippen molar-refractivity contribution >= 4 is 5.78 Å². The van der Waals surface area contributed by atoms with E-state index in [-0.39, 0.29) is 5.78 Å². The summed E-state index contributed by atoms with van der Waals surface area (Å²) in [7, 11) is 0. The monoisotopic (exact) mass is 212 g/mol. The van der Waals surface area contributed by atoms with Crippen LogP contribution in [0, 0.1) is 0 Å². The summed E-state index contributed by atoms with van der Waals surface area (Å²) in [6, 6.07) is 0. The van der Waals surface area contributed by atoms with Gasteiger partial charge in [-0.15, -0.1) is 0 Å². The maximum atomic E-state index is 11.9. The highest BCUT2D eigenvalue weighted by molar-refractivity contribution is 6.15. The van der Waals surface area contributed by atoms with Gasteiger partial charge < -0.3 is 0 Å². The molecule has 0 fully saturated rings. The van der Waals surface area contributed by atoms with Gasteiger partial charge in [0.05, 0.1) is 0 Å². The molecule has 1 nitrogen and oxygen atoms in total. The molecule has 0 radical (unpaired) electrons. The number of hydrogen-bond donors (Lipinski definition) is 0. The molecule has 1 aliphatic rings. The van der Waals surface area contributed by atoms with Crippen LogP contribution >= 0.6 is 0 Å². The molecule has 82 valence electrons. The van der Waals surface area contributed by atoms with Crippen molar-refractivity contribution in [2.45, 2.75) is 13.8 Å². The van der Waals surface area contributed by atoms with Crippen LogP contribution in [0.1, 0.15) is 13.8 Å². The van der Waals surface area contributed by atoms with Gasteiger partial charge in [0.25, 0.3) is 0 Å². The van der Waals surface area contributed by atoms with Gasteiger partial charge in [0.1, 0.15) is 0 Å². The lowest BCUT2D eigenvalue weighted by Crippen LogP contribution is -1.96. The van der Waals surface area contributed by atoms with Gasteiger partial charge in [0, 0.05) is 11.1 Å². The highest BCUT2D eigenvalue weighted by Crippen LogP contribution is 2.31. The molecule has 1 rings (SSSR count). The van der Waals surface area contributed by atoms with E-state index in [1.165, 1.54) is 0 Å². The summed E-state index contributed by atoms with van der Waals surface area (Å²) in [6.07, 6.45) is 10.9. The maximum absolute atomic E-state index is 11.9. The molecular formula is C15H16O. The zero-order valence-electron chi connectivity index (χ0n) is 9.79. The van der Waals surface area contributed by atoms with Crippen LogP contribution in [-0.2, 0) is 4.79 Å². The van der Waals surface area contributed by atoms with Crippen molar-refractivity contribution < 1.29 is 4.79 Å². The summed E-state index contributed by atoms with van der Waals surface area (Å²) in [6.45, 7) is 11.1. The molecule has 0 aromatic carbocycles. The minimum absolute atomic E-state index is 0.0619. The average molecular weight is 212 g/mol. The maximum Gasteiger partial charge on any atom is 0.189 e. The second-order valence-electron chi connectivity index (χ2n) is 3.49. The number of ketones is 1. The van der Waals surface area contributed by atoms with Crippen molar-refractivity contribution in [1.29, 1.82) is 0 Å². The molecule has 0 bridgehead atoms. The SMILES string of the molecule is C=C/C=C\C1=C(C)C(=O)C(C=C)=C1/C=C\C. The summed E-state index contributed by atoms with van der Waals surface area (Å²) < 4.78 is 0. The van der Waals surface area contributed by atoms with Crippen LogP contribution in [0.15, 0.2) is 71.9 Å². The molecule has 0 spiro atoms. The van der Waals surface area contributed by atoms with E-state index in [9.17, 15) is 4.79 Å². The molecule has 0 saturated carbocycles. The first-order chi connectivity index (χ1) is 7.67. The van der Waals surface area contributed by atoms with Gasteiger partial charge in [-0.1, -0.05) is 49.6 Å². The minimum atomic E-state index is 0.0619. The van der Waals surface area contributed by atoms with Gasteiger partial charge in [-0.3, -0.25) is 4.79 Å². The first-order valence-corrected chi connectivity index (χ1v) is 5.21. The van der Waals surface area contributed by atoms with Crippen LogP contribution in [0.2, 0.25) is 0 Å². The number of carbonyl (C=O) groups excluding carboxylic acids is 1. The number of rotatable bonds is 4. The van der Waals surface area contributed by atoms with Crippen LogP contribution in [0.25, 0.3) is 0 Å². The number of allylic oxidation sites excluding steroid dienone is 10. The van der Waals surface area contributed by atoms with E-state index in [1.807, 2.05) is 38.2 Å². The van der Waals surface area contributed by atoms with E-state index in [0.717, 1.165) is 16.7 Å². The molecule has 1 heteroatoms. The van der Waals surface area contributed by atoms with Crippen LogP contribution in [0.3, 0.4) is 0 Å². The van der Waals surface area contributed by atoms with Gasteiger partial charge >= 0.3 is 0 Å². The van der Waals surface area contributed by atoms with Gasteiger partial charge in [-0.05, 0) is 25.0 Å². The quantitative estimate of drug-likeness (QED) is 0.649. The van der Waals surface area contributed by atoms with E-state index in [2.05, 4.69) is 13.2 Å². The summed E-state index contributed by atoms with van der Waals surface area (Å²) in [5.41, 5.74) is 3.34. The second-order valence-corrected chi connectivity index (χ2v) is 3.49. The lowest BCUT2D eigenvalue weighted by atomic mass is 10.0. The van der Waals surface area contributed by atoms with Gasteiger partial charge in [-0.2, -0.15) is 0 Å². The fourth-order valence-electron chi connectivity index (χ4n) is 1.72. The van der Waals surface area contributed by atoms with Gasteiger partial charge in [0.15, 0.2) is 5.78 Å². The largest absolute Gasteiger partial charge is 0.289 e. The Morgan fingerprint density at radius 3 is 2.25 bits per heavy atom. The zero-order chi connectivity index (χ0) is 12.1. The van der Waals surface area contributed by atoms with E-state index < -0.39 is 0 Å². The van der Waals surface area contributed by atoms with Crippen molar-refractivity contribution in [1.82, 2.24) is 0 Å². The van der Waals surface area contributed by atoms with Crippen LogP contribution < -0.4 is 0 Å². The van der Waals surface area contributed by atoms with Crippen molar-refractivity contribution in [3.05, 3.63) is 71.9 Å². The Kier molecular flexibility index (Phi) is 4.01. The third-order valence-corrected chi connectivity index (χ3v) is 2.51. The van der Waals surface area contributed by atoms with Crippen molar-refractivity contribution in [3.8, 4) is 0 Å². The number of hydrogen-bond acceptors (Lipinski definition) is 1. The highest BCUT2D eigenvalue weighted by atomic mass is 16.1. The third-order valence-electron chi connectivity index (χ3n) is 2.51. The summed E-state index contributed by atoms with van der Waals surface area (Å²) in [4.78, 5) is 11.9. The van der Waals surface area contributed by atoms with Crippen LogP contribution in [0.4, 0.5) is 0 Å². The highest BCUT2D eigenvalue weighted by Gasteiger charge is 2.24. The van der Waals surface area contributed by atoms with Crippen molar-refractivity contribution in [3.63, 3.8) is 0 Å². The van der Waals surface area contributed by atoms with Crippen molar-refractivity contribution in [2.24, 2.45) is 0 Å². The Morgan fingerprint density at radius 1 is 1.06 bits per heavy atom. The van der Waals surface area contributed by atoms with E-state index >= 15 is 0 Å². The number of carbonyl (C=O) groups is 1. The molecule has 0 N–H and O–H groups in total. The standard InChI is InChI=1S/C15H16O/c1-5-8-10-13-11(4)15(16)12(7-3)14(13)9-6-2/h5-10H,1,3H2,2,4H3/b9-6-,10-8-. The summed E-state index contributed by atoms with van der Waals surface area (Å²) in [5, 5.41) is 0. The van der Waals surface area contributed by atoms with E-state index in [0.29, 0.717) is 5.57 Å². The normalized spacial score (nSPS) is 17.0. The minimum Gasteiger partial charge on any atom is -0.289 e. The Hall–Kier alpha value is -1.89. The lowest BCUT2D eigenvalue weighted by Gasteiger charge is -1.99. The molecule has 16 heavy (non-hydrogen) atoms. The van der Waals surface area contributed by atoms with E-state index in [4.69, 9.17) is 0 Å². The molecule has 0 atom stereocenters. The Balaban J connectivity index is 3.36. The van der Waals surface area contributed by atoms with Gasteiger partial charge in [-0.25, -0.2) is 0 Å². The average Bonchev–Trinajstić information content (AvgIpc) is 2.50. The third kappa shape index (κ3) is 2.03. The molecule has 0 aliphatic heterocycles. The topological polar surface area (TPSA) is 17.1 Å². The number of Topliss-reactive ketones (excluding diaryl/α,β-unsaturated/α-hetero) is 1. The van der Waals surface area contributed by atoms with Crippen molar-refractivity contribution in [2.75, 3.05) is 0 Å². The lowest BCUT2D eigenvalue weighted by molar-refractivity contribution is -0.111. The second kappa shape index (κ2) is 5.26. The summed E-state index contributed by atoms with van der Waals surface area (Å²) in [5.74, 6) is 0.0619. The molecule has 0 heterocycles. The smallest absolute Gasteiger partial charge is 0.189 e. The molecule has 1 aliphatic carbocycles. The molecule has 0 amide bonds. The van der Waals surface area contributed by atoms with Crippen LogP contribution in [0.5, 0.6) is 0 Å². The molecule has 0 saturated heterocycles. The fourth-order valence-corrected chi connectivity index (χ4v) is 1.72. The molecule has 0 aromatic rings. The zero-order valence-corrected chi connectivity index (χ0v) is 9.79. The Labute approximate surface area is 96.9 Å². The van der Waals surface area contributed by atoms with Crippen LogP contribution in [-0.4, -0.2) is 5.78 Å². The molecule has 0 aromatic heterocycles. The van der Waals surface area contributed by atoms with E-state index in [1.54, 1.807) is 12.2 Å². The molecular weight excluding hydrogens is 196 g/mol.